The molecule has 0 aromatic carbocycles. The normalized spacial score (nSPS) is 53.5. The lowest BCUT2D eigenvalue weighted by molar-refractivity contribution is -0.352. The highest BCUT2D eigenvalue weighted by Gasteiger charge is 2.49. The fraction of sp³-hybridized carbons (Fsp3) is 1.00. The molecule has 130 valence electrons. The van der Waals surface area contributed by atoms with E-state index in [0.29, 0.717) is 0 Å². The fourth-order valence-electron chi connectivity index (χ4n) is 2.52. The predicted molar refractivity (Wildman–Crippen MR) is 67.2 cm³/mol. The zero-order chi connectivity index (χ0) is 16.6. The molecule has 2 fully saturated rings. The van der Waals surface area contributed by atoms with Crippen molar-refractivity contribution in [3.05, 3.63) is 0 Å². The highest BCUT2D eigenvalue weighted by Crippen LogP contribution is 2.28. The van der Waals surface area contributed by atoms with E-state index >= 15 is 0 Å². The smallest absolute Gasteiger partial charge is 0.187 e. The summed E-state index contributed by atoms with van der Waals surface area (Å²) in [5.41, 5.74) is 0. The third kappa shape index (κ3) is 3.26. The zero-order valence-corrected chi connectivity index (χ0v) is 11.8. The molecule has 2 rings (SSSR count). The van der Waals surface area contributed by atoms with Gasteiger partial charge in [-0.3, -0.25) is 0 Å². The molecule has 2 aliphatic rings. The van der Waals surface area contributed by atoms with Crippen LogP contribution in [0.15, 0.2) is 0 Å². The van der Waals surface area contributed by atoms with E-state index < -0.39 is 68.0 Å². The molecule has 0 aromatic rings. The molecule has 0 spiro atoms. The van der Waals surface area contributed by atoms with Gasteiger partial charge in [0.05, 0.1) is 12.7 Å². The molecule has 7 N–H and O–H groups in total. The molecular weight excluding hydrogens is 304 g/mol. The SMILES string of the molecule is C[C@H]1O[C@H](O[C@@H]2[C@H](O)[C@H](O)[C@H](O)O[C@@H]2CO)[C@H](O)[C@H](O)[C@H]1O. The van der Waals surface area contributed by atoms with Crippen LogP contribution in [0.25, 0.3) is 0 Å². The van der Waals surface area contributed by atoms with Crippen LogP contribution in [0.2, 0.25) is 0 Å². The number of aliphatic hydroxyl groups is 7. The second kappa shape index (κ2) is 7.01. The lowest BCUT2D eigenvalue weighted by Gasteiger charge is -2.44. The number of rotatable bonds is 3. The number of hydrogen-bond donors (Lipinski definition) is 7. The van der Waals surface area contributed by atoms with Crippen molar-refractivity contribution >= 4 is 0 Å². The molecule has 0 unspecified atom stereocenters. The van der Waals surface area contributed by atoms with Crippen LogP contribution < -0.4 is 0 Å². The van der Waals surface area contributed by atoms with Gasteiger partial charge in [-0.1, -0.05) is 0 Å². The van der Waals surface area contributed by atoms with Gasteiger partial charge < -0.3 is 50.0 Å². The Morgan fingerprint density at radius 1 is 0.818 bits per heavy atom. The summed E-state index contributed by atoms with van der Waals surface area (Å²) >= 11 is 0. The first-order valence-electron chi connectivity index (χ1n) is 6.93. The van der Waals surface area contributed by atoms with Gasteiger partial charge in [0.15, 0.2) is 12.6 Å². The van der Waals surface area contributed by atoms with Gasteiger partial charge in [0.1, 0.15) is 42.7 Å². The average Bonchev–Trinajstić information content (AvgIpc) is 2.50. The molecule has 2 heterocycles. The summed E-state index contributed by atoms with van der Waals surface area (Å²) in [5, 5.41) is 67.3. The number of ether oxygens (including phenoxy) is 3. The molecule has 10 atom stereocenters. The summed E-state index contributed by atoms with van der Waals surface area (Å²) in [6.45, 7) is 0.821. The van der Waals surface area contributed by atoms with Crippen molar-refractivity contribution in [1.82, 2.24) is 0 Å². The third-order valence-electron chi connectivity index (χ3n) is 3.94. The Morgan fingerprint density at radius 3 is 2.05 bits per heavy atom. The zero-order valence-electron chi connectivity index (χ0n) is 11.8. The van der Waals surface area contributed by atoms with E-state index in [4.69, 9.17) is 14.2 Å². The van der Waals surface area contributed by atoms with E-state index in [9.17, 15) is 35.7 Å². The van der Waals surface area contributed by atoms with Crippen molar-refractivity contribution in [3.8, 4) is 0 Å². The summed E-state index contributed by atoms with van der Waals surface area (Å²) in [7, 11) is 0. The summed E-state index contributed by atoms with van der Waals surface area (Å²) in [6, 6.07) is 0. The molecule has 2 aliphatic heterocycles. The predicted octanol–water partition coefficient (Wildman–Crippen LogP) is -4.37. The summed E-state index contributed by atoms with van der Waals surface area (Å²) < 4.78 is 15.4. The lowest BCUT2D eigenvalue weighted by Crippen LogP contribution is -2.63. The van der Waals surface area contributed by atoms with Gasteiger partial charge in [-0.25, -0.2) is 0 Å². The van der Waals surface area contributed by atoms with Crippen LogP contribution in [0.3, 0.4) is 0 Å². The van der Waals surface area contributed by atoms with E-state index in [2.05, 4.69) is 0 Å². The monoisotopic (exact) mass is 326 g/mol. The maximum Gasteiger partial charge on any atom is 0.187 e. The Kier molecular flexibility index (Phi) is 5.72. The number of aliphatic hydroxyl groups excluding tert-OH is 7. The van der Waals surface area contributed by atoms with Gasteiger partial charge >= 0.3 is 0 Å². The topological polar surface area (TPSA) is 169 Å². The fourth-order valence-corrected chi connectivity index (χ4v) is 2.52. The summed E-state index contributed by atoms with van der Waals surface area (Å²) in [6.07, 6.45) is -14.2. The van der Waals surface area contributed by atoms with E-state index in [-0.39, 0.29) is 0 Å². The summed E-state index contributed by atoms with van der Waals surface area (Å²) in [5.74, 6) is 0. The first kappa shape index (κ1) is 17.9. The molecule has 0 saturated carbocycles. The van der Waals surface area contributed by atoms with E-state index in [1.165, 1.54) is 6.92 Å². The third-order valence-corrected chi connectivity index (χ3v) is 3.94. The van der Waals surface area contributed by atoms with Crippen molar-refractivity contribution in [2.24, 2.45) is 0 Å². The van der Waals surface area contributed by atoms with Crippen LogP contribution in [0.5, 0.6) is 0 Å². The quantitative estimate of drug-likeness (QED) is 0.269. The second-order valence-electron chi connectivity index (χ2n) is 5.51. The van der Waals surface area contributed by atoms with Crippen molar-refractivity contribution in [1.29, 1.82) is 0 Å². The van der Waals surface area contributed by atoms with Gasteiger partial charge in [-0.15, -0.1) is 0 Å². The molecule has 0 amide bonds. The van der Waals surface area contributed by atoms with Gasteiger partial charge in [0.25, 0.3) is 0 Å². The Hall–Kier alpha value is -0.400. The molecule has 2 saturated heterocycles. The van der Waals surface area contributed by atoms with Gasteiger partial charge in [0, 0.05) is 0 Å². The average molecular weight is 326 g/mol. The Morgan fingerprint density at radius 2 is 1.45 bits per heavy atom. The first-order valence-corrected chi connectivity index (χ1v) is 6.93. The minimum atomic E-state index is -1.70. The lowest BCUT2D eigenvalue weighted by atomic mass is 9.97. The van der Waals surface area contributed by atoms with E-state index in [1.807, 2.05) is 0 Å². The van der Waals surface area contributed by atoms with Crippen molar-refractivity contribution in [2.75, 3.05) is 6.61 Å². The second-order valence-corrected chi connectivity index (χ2v) is 5.51. The highest BCUT2D eigenvalue weighted by atomic mass is 16.7. The Bertz CT molecular complexity index is 366. The standard InChI is InChI=1S/C12H22O10/c1-3-5(14)6(15)9(18)12(20-3)22-10-4(2-13)21-11(19)8(17)7(10)16/h3-19H,2H2,1H3/t3-,4-,5+,6-,7-,8+,9-,10+,11-,12-/m1/s1. The molecule has 0 aromatic heterocycles. The van der Waals surface area contributed by atoms with Crippen LogP contribution in [0, 0.1) is 0 Å². The first-order chi connectivity index (χ1) is 10.3. The number of hydrogen-bond acceptors (Lipinski definition) is 10. The Balaban J connectivity index is 2.10. The van der Waals surface area contributed by atoms with Crippen LogP contribution in [-0.4, -0.2) is 104 Å². The van der Waals surface area contributed by atoms with Gasteiger partial charge in [-0.05, 0) is 6.92 Å². The van der Waals surface area contributed by atoms with Gasteiger partial charge in [0.2, 0.25) is 0 Å². The van der Waals surface area contributed by atoms with Gasteiger partial charge in [-0.2, -0.15) is 0 Å². The molecule has 22 heavy (non-hydrogen) atoms. The minimum Gasteiger partial charge on any atom is -0.394 e. The molecule has 10 heteroatoms. The maximum absolute atomic E-state index is 9.93. The van der Waals surface area contributed by atoms with Crippen LogP contribution in [0.1, 0.15) is 6.92 Å². The van der Waals surface area contributed by atoms with Crippen molar-refractivity contribution in [2.45, 2.75) is 68.3 Å². The van der Waals surface area contributed by atoms with E-state index in [1.54, 1.807) is 0 Å². The maximum atomic E-state index is 9.93. The van der Waals surface area contributed by atoms with Crippen LogP contribution in [0.4, 0.5) is 0 Å². The highest BCUT2D eigenvalue weighted by molar-refractivity contribution is 4.93. The largest absolute Gasteiger partial charge is 0.394 e. The molecular formula is C12H22O10. The molecule has 0 aliphatic carbocycles. The van der Waals surface area contributed by atoms with Crippen molar-refractivity contribution < 1.29 is 50.0 Å². The van der Waals surface area contributed by atoms with Crippen LogP contribution >= 0.6 is 0 Å². The summed E-state index contributed by atoms with van der Waals surface area (Å²) in [4.78, 5) is 0. The minimum absolute atomic E-state index is 0.630. The molecule has 0 radical (unpaired) electrons. The van der Waals surface area contributed by atoms with E-state index in [0.717, 1.165) is 0 Å². The van der Waals surface area contributed by atoms with Crippen LogP contribution in [-0.2, 0) is 14.2 Å². The molecule has 10 nitrogen and oxygen atoms in total. The Labute approximate surface area is 126 Å². The van der Waals surface area contributed by atoms with Crippen molar-refractivity contribution in [3.63, 3.8) is 0 Å². The molecule has 0 bridgehead atoms.